The van der Waals surface area contributed by atoms with Crippen LogP contribution < -0.4 is 9.64 Å². The SMILES string of the molecule is CCOc1cccc(C2C(C(=O)c3cc4ccccc4o3)=C(O)C(=O)N2c2ccccc2)c1. The lowest BCUT2D eigenvalue weighted by atomic mass is 9.94. The van der Waals surface area contributed by atoms with Crippen molar-refractivity contribution in [2.75, 3.05) is 11.5 Å². The van der Waals surface area contributed by atoms with Crippen LogP contribution in [0.3, 0.4) is 0 Å². The first kappa shape index (κ1) is 20.6. The number of Topliss-reactive ketones (excluding diaryl/α,β-unsaturated/α-hetero) is 1. The van der Waals surface area contributed by atoms with Crippen LogP contribution >= 0.6 is 0 Å². The average molecular weight is 439 g/mol. The lowest BCUT2D eigenvalue weighted by Gasteiger charge is -2.27. The molecule has 0 saturated heterocycles. The van der Waals surface area contributed by atoms with Crippen molar-refractivity contribution < 1.29 is 23.8 Å². The maximum absolute atomic E-state index is 13.6. The minimum Gasteiger partial charge on any atom is -0.503 e. The number of aliphatic hydroxyl groups excluding tert-OH is 1. The Kier molecular flexibility index (Phi) is 5.18. The molecule has 2 heterocycles. The molecule has 0 saturated carbocycles. The van der Waals surface area contributed by atoms with Crippen molar-refractivity contribution in [3.8, 4) is 5.75 Å². The van der Waals surface area contributed by atoms with E-state index in [-0.39, 0.29) is 11.3 Å². The second kappa shape index (κ2) is 8.31. The molecular formula is C27H21NO5. The molecule has 0 fully saturated rings. The Labute approximate surface area is 190 Å². The number of carbonyl (C=O) groups is 2. The zero-order valence-electron chi connectivity index (χ0n) is 17.9. The van der Waals surface area contributed by atoms with Gasteiger partial charge in [0.1, 0.15) is 11.3 Å². The van der Waals surface area contributed by atoms with Gasteiger partial charge in [-0.2, -0.15) is 0 Å². The zero-order chi connectivity index (χ0) is 22.9. The van der Waals surface area contributed by atoms with Gasteiger partial charge in [0, 0.05) is 11.1 Å². The van der Waals surface area contributed by atoms with Crippen molar-refractivity contribution in [3.05, 3.63) is 108 Å². The summed E-state index contributed by atoms with van der Waals surface area (Å²) in [5.41, 5.74) is 1.73. The molecule has 1 aliphatic heterocycles. The molecule has 1 N–H and O–H groups in total. The maximum Gasteiger partial charge on any atom is 0.294 e. The molecule has 0 aliphatic carbocycles. The number of rotatable bonds is 6. The number of hydrogen-bond acceptors (Lipinski definition) is 5. The first-order valence-corrected chi connectivity index (χ1v) is 10.7. The van der Waals surface area contributed by atoms with Crippen molar-refractivity contribution in [1.29, 1.82) is 0 Å². The van der Waals surface area contributed by atoms with Gasteiger partial charge in [-0.05, 0) is 48.9 Å². The van der Waals surface area contributed by atoms with Crippen LogP contribution in [0.4, 0.5) is 5.69 Å². The van der Waals surface area contributed by atoms with Crippen LogP contribution in [0.25, 0.3) is 11.0 Å². The molecule has 1 unspecified atom stereocenters. The van der Waals surface area contributed by atoms with Crippen LogP contribution in [-0.4, -0.2) is 23.4 Å². The summed E-state index contributed by atoms with van der Waals surface area (Å²) in [4.78, 5) is 28.3. The summed E-state index contributed by atoms with van der Waals surface area (Å²) in [5, 5.41) is 11.7. The Morgan fingerprint density at radius 2 is 1.76 bits per heavy atom. The third-order valence-corrected chi connectivity index (χ3v) is 5.62. The average Bonchev–Trinajstić information content (AvgIpc) is 3.39. The van der Waals surface area contributed by atoms with E-state index in [0.29, 0.717) is 29.2 Å². The van der Waals surface area contributed by atoms with E-state index in [4.69, 9.17) is 9.15 Å². The van der Waals surface area contributed by atoms with Crippen molar-refractivity contribution in [2.45, 2.75) is 13.0 Å². The van der Waals surface area contributed by atoms with E-state index >= 15 is 0 Å². The molecular weight excluding hydrogens is 418 g/mol. The van der Waals surface area contributed by atoms with E-state index in [0.717, 1.165) is 5.39 Å². The van der Waals surface area contributed by atoms with Crippen LogP contribution in [-0.2, 0) is 4.79 Å². The lowest BCUT2D eigenvalue weighted by molar-refractivity contribution is -0.117. The summed E-state index contributed by atoms with van der Waals surface area (Å²) in [6.07, 6.45) is 0. The van der Waals surface area contributed by atoms with Gasteiger partial charge in [-0.15, -0.1) is 0 Å². The molecule has 3 aromatic carbocycles. The van der Waals surface area contributed by atoms with Gasteiger partial charge >= 0.3 is 0 Å². The van der Waals surface area contributed by atoms with Gasteiger partial charge in [-0.1, -0.05) is 48.5 Å². The van der Waals surface area contributed by atoms with Gasteiger partial charge in [-0.25, -0.2) is 0 Å². The molecule has 164 valence electrons. The minimum atomic E-state index is -0.846. The number of amides is 1. The van der Waals surface area contributed by atoms with Crippen molar-refractivity contribution >= 4 is 28.3 Å². The summed E-state index contributed by atoms with van der Waals surface area (Å²) in [5.74, 6) is -1.10. The van der Waals surface area contributed by atoms with Crippen LogP contribution in [0.2, 0.25) is 0 Å². The molecule has 4 aromatic rings. The number of para-hydroxylation sites is 2. The fraction of sp³-hybridized carbons (Fsp3) is 0.111. The molecule has 5 rings (SSSR count). The number of ketones is 1. The van der Waals surface area contributed by atoms with Gasteiger partial charge in [0.15, 0.2) is 11.5 Å². The van der Waals surface area contributed by atoms with Crippen LogP contribution in [0.5, 0.6) is 5.75 Å². The van der Waals surface area contributed by atoms with E-state index in [1.54, 1.807) is 60.7 Å². The van der Waals surface area contributed by atoms with Crippen molar-refractivity contribution in [2.24, 2.45) is 0 Å². The number of fused-ring (bicyclic) bond motifs is 1. The Morgan fingerprint density at radius 1 is 1.00 bits per heavy atom. The largest absolute Gasteiger partial charge is 0.503 e. The number of carbonyl (C=O) groups excluding carboxylic acids is 2. The molecule has 1 amide bonds. The normalized spacial score (nSPS) is 16.0. The monoisotopic (exact) mass is 439 g/mol. The first-order chi connectivity index (χ1) is 16.1. The number of aliphatic hydroxyl groups is 1. The second-order valence-corrected chi connectivity index (χ2v) is 7.66. The van der Waals surface area contributed by atoms with Crippen LogP contribution in [0, 0.1) is 0 Å². The highest BCUT2D eigenvalue weighted by molar-refractivity contribution is 6.20. The minimum absolute atomic E-state index is 0.0310. The molecule has 33 heavy (non-hydrogen) atoms. The Balaban J connectivity index is 1.66. The Bertz CT molecular complexity index is 1350. The topological polar surface area (TPSA) is 80.0 Å². The van der Waals surface area contributed by atoms with E-state index in [2.05, 4.69) is 0 Å². The molecule has 0 spiro atoms. The van der Waals surface area contributed by atoms with Gasteiger partial charge < -0.3 is 14.3 Å². The molecule has 1 aliphatic rings. The molecule has 6 heteroatoms. The number of anilines is 1. The van der Waals surface area contributed by atoms with E-state index in [9.17, 15) is 14.7 Å². The second-order valence-electron chi connectivity index (χ2n) is 7.66. The van der Waals surface area contributed by atoms with Gasteiger partial charge in [-0.3, -0.25) is 14.5 Å². The highest BCUT2D eigenvalue weighted by Crippen LogP contribution is 2.42. The fourth-order valence-corrected chi connectivity index (χ4v) is 4.18. The summed E-state index contributed by atoms with van der Waals surface area (Å²) in [6.45, 7) is 2.35. The number of furan rings is 1. The van der Waals surface area contributed by atoms with Gasteiger partial charge in [0.25, 0.3) is 5.91 Å². The maximum atomic E-state index is 13.6. The number of nitrogens with zero attached hydrogens (tertiary/aromatic N) is 1. The Morgan fingerprint density at radius 3 is 2.52 bits per heavy atom. The van der Waals surface area contributed by atoms with Crippen molar-refractivity contribution in [1.82, 2.24) is 0 Å². The quantitative estimate of drug-likeness (QED) is 0.395. The van der Waals surface area contributed by atoms with Crippen LogP contribution in [0.1, 0.15) is 29.1 Å². The highest BCUT2D eigenvalue weighted by Gasteiger charge is 2.45. The van der Waals surface area contributed by atoms with Gasteiger partial charge in [0.2, 0.25) is 5.78 Å². The molecule has 6 nitrogen and oxygen atoms in total. The third kappa shape index (κ3) is 3.55. The third-order valence-electron chi connectivity index (χ3n) is 5.62. The predicted molar refractivity (Wildman–Crippen MR) is 124 cm³/mol. The van der Waals surface area contributed by atoms with Gasteiger partial charge in [0.05, 0.1) is 18.2 Å². The summed E-state index contributed by atoms with van der Waals surface area (Å²) >= 11 is 0. The van der Waals surface area contributed by atoms with Crippen molar-refractivity contribution in [3.63, 3.8) is 0 Å². The molecule has 1 atom stereocenters. The number of ether oxygens (including phenoxy) is 1. The fourth-order valence-electron chi connectivity index (χ4n) is 4.18. The number of hydrogen-bond donors (Lipinski definition) is 1. The van der Waals surface area contributed by atoms with E-state index in [1.807, 2.05) is 31.2 Å². The van der Waals surface area contributed by atoms with E-state index in [1.165, 1.54) is 4.90 Å². The lowest BCUT2D eigenvalue weighted by Crippen LogP contribution is -2.31. The summed E-state index contributed by atoms with van der Waals surface area (Å²) < 4.78 is 11.4. The molecule has 0 bridgehead atoms. The first-order valence-electron chi connectivity index (χ1n) is 10.7. The van der Waals surface area contributed by atoms with E-state index < -0.39 is 23.5 Å². The predicted octanol–water partition coefficient (Wildman–Crippen LogP) is 5.61. The molecule has 1 aromatic heterocycles. The summed E-state index contributed by atoms with van der Waals surface area (Å²) in [6, 6.07) is 24.2. The number of benzene rings is 3. The standard InChI is InChI=1S/C27H21NO5/c1-2-32-20-13-8-10-18(15-20)24-23(25(29)22-16-17-9-6-7-14-21(17)33-22)26(30)27(31)28(24)19-11-4-3-5-12-19/h3-16,24,30H,2H2,1H3. The smallest absolute Gasteiger partial charge is 0.294 e. The van der Waals surface area contributed by atoms with Crippen LogP contribution in [0.15, 0.2) is 101 Å². The highest BCUT2D eigenvalue weighted by atomic mass is 16.5. The Hall–Kier alpha value is -4.32. The zero-order valence-corrected chi connectivity index (χ0v) is 17.9. The summed E-state index contributed by atoms with van der Waals surface area (Å²) in [7, 11) is 0. The molecule has 0 radical (unpaired) electrons.